The number of amides is 2. The highest BCUT2D eigenvalue weighted by Crippen LogP contribution is 2.59. The van der Waals surface area contributed by atoms with E-state index in [2.05, 4.69) is 27.4 Å². The Hall–Kier alpha value is -3.15. The SMILES string of the molecule is Cc1cccc(CNC(=O)[C@@H]2CC23CCN(C(=O)CCc2c[nH]c4ccccc24)CC3)n1. The van der Waals surface area contributed by atoms with Crippen LogP contribution >= 0.6 is 0 Å². The van der Waals surface area contributed by atoms with Crippen molar-refractivity contribution in [2.45, 2.75) is 45.6 Å². The minimum absolute atomic E-state index is 0.0794. The third kappa shape index (κ3) is 4.14. The van der Waals surface area contributed by atoms with E-state index >= 15 is 0 Å². The second kappa shape index (κ2) is 8.41. The first-order valence-electron chi connectivity index (χ1n) is 11.6. The monoisotopic (exact) mass is 430 g/mol. The van der Waals surface area contributed by atoms with Crippen molar-refractivity contribution in [1.82, 2.24) is 20.2 Å². The number of nitrogens with one attached hydrogen (secondary N) is 2. The fourth-order valence-corrected chi connectivity index (χ4v) is 5.21. The molecule has 6 heteroatoms. The zero-order valence-electron chi connectivity index (χ0n) is 18.6. The number of hydrogen-bond acceptors (Lipinski definition) is 3. The number of H-pyrrole nitrogens is 1. The molecule has 2 fully saturated rings. The number of hydrogen-bond donors (Lipinski definition) is 2. The van der Waals surface area contributed by atoms with Crippen molar-refractivity contribution in [3.8, 4) is 0 Å². The van der Waals surface area contributed by atoms with Gasteiger partial charge in [-0.25, -0.2) is 0 Å². The number of carbonyl (C=O) groups excluding carboxylic acids is 2. The maximum Gasteiger partial charge on any atom is 0.224 e. The third-order valence-electron chi connectivity index (χ3n) is 7.29. The number of aryl methyl sites for hydroxylation is 2. The molecule has 1 saturated carbocycles. The van der Waals surface area contributed by atoms with Gasteiger partial charge in [-0.15, -0.1) is 0 Å². The van der Waals surface area contributed by atoms with Gasteiger partial charge in [-0.1, -0.05) is 24.3 Å². The van der Waals surface area contributed by atoms with Crippen molar-refractivity contribution in [1.29, 1.82) is 0 Å². The van der Waals surface area contributed by atoms with Crippen LogP contribution in [0.1, 0.15) is 42.6 Å². The first-order chi connectivity index (χ1) is 15.5. The lowest BCUT2D eigenvalue weighted by atomic mass is 9.90. The molecule has 5 rings (SSSR count). The molecule has 0 unspecified atom stereocenters. The van der Waals surface area contributed by atoms with Crippen LogP contribution in [0.4, 0.5) is 0 Å². The molecule has 0 radical (unpaired) electrons. The molecule has 1 aromatic carbocycles. The lowest BCUT2D eigenvalue weighted by Crippen LogP contribution is -2.40. The van der Waals surface area contributed by atoms with Crippen LogP contribution in [0.15, 0.2) is 48.7 Å². The van der Waals surface area contributed by atoms with Crippen molar-refractivity contribution in [3.63, 3.8) is 0 Å². The Bertz CT molecular complexity index is 1140. The molecule has 2 aromatic heterocycles. The first kappa shape index (κ1) is 20.7. The number of piperidine rings is 1. The molecular formula is C26H30N4O2. The molecule has 6 nitrogen and oxygen atoms in total. The molecule has 1 saturated heterocycles. The summed E-state index contributed by atoms with van der Waals surface area (Å²) >= 11 is 0. The average Bonchev–Trinajstić information content (AvgIpc) is 3.34. The van der Waals surface area contributed by atoms with E-state index in [1.165, 1.54) is 10.9 Å². The standard InChI is InChI=1S/C26H30N4O2/c1-18-5-4-6-20(29-18)17-28-25(32)22-15-26(22)11-13-30(14-12-26)24(31)10-9-19-16-27-23-8-3-2-7-21(19)23/h2-8,16,22,27H,9-15,17H2,1H3,(H,28,32)/t22-/m0/s1. The number of likely N-dealkylation sites (tertiary alicyclic amines) is 1. The highest BCUT2D eigenvalue weighted by Gasteiger charge is 2.58. The summed E-state index contributed by atoms with van der Waals surface area (Å²) in [4.78, 5) is 35.2. The smallest absolute Gasteiger partial charge is 0.224 e. The van der Waals surface area contributed by atoms with E-state index in [1.807, 2.05) is 48.4 Å². The Morgan fingerprint density at radius 3 is 2.78 bits per heavy atom. The van der Waals surface area contributed by atoms with Gasteiger partial charge < -0.3 is 15.2 Å². The van der Waals surface area contributed by atoms with Gasteiger partial charge in [-0.2, -0.15) is 0 Å². The average molecular weight is 431 g/mol. The molecule has 1 atom stereocenters. The van der Waals surface area contributed by atoms with Crippen molar-refractivity contribution in [2.75, 3.05) is 13.1 Å². The van der Waals surface area contributed by atoms with Crippen LogP contribution in [0.5, 0.6) is 0 Å². The van der Waals surface area contributed by atoms with Gasteiger partial charge in [-0.3, -0.25) is 14.6 Å². The summed E-state index contributed by atoms with van der Waals surface area (Å²) in [6.07, 6.45) is 6.09. The van der Waals surface area contributed by atoms with Crippen molar-refractivity contribution >= 4 is 22.7 Å². The molecule has 2 amide bonds. The minimum atomic E-state index is 0.0794. The molecule has 2 N–H and O–H groups in total. The molecule has 1 spiro atoms. The zero-order valence-corrected chi connectivity index (χ0v) is 18.6. The molecule has 0 bridgehead atoms. The van der Waals surface area contributed by atoms with E-state index in [4.69, 9.17) is 0 Å². The van der Waals surface area contributed by atoms with Crippen LogP contribution < -0.4 is 5.32 Å². The van der Waals surface area contributed by atoms with Crippen LogP contribution in [-0.2, 0) is 22.6 Å². The van der Waals surface area contributed by atoms with E-state index in [0.29, 0.717) is 13.0 Å². The van der Waals surface area contributed by atoms with Crippen molar-refractivity contribution in [2.24, 2.45) is 11.3 Å². The number of aromatic nitrogens is 2. The van der Waals surface area contributed by atoms with E-state index in [0.717, 1.165) is 55.7 Å². The lowest BCUT2D eigenvalue weighted by molar-refractivity contribution is -0.132. The molecule has 32 heavy (non-hydrogen) atoms. The Morgan fingerprint density at radius 1 is 1.16 bits per heavy atom. The van der Waals surface area contributed by atoms with Gasteiger partial charge in [0.15, 0.2) is 0 Å². The van der Waals surface area contributed by atoms with Gasteiger partial charge in [0.1, 0.15) is 0 Å². The first-order valence-corrected chi connectivity index (χ1v) is 11.6. The van der Waals surface area contributed by atoms with Gasteiger partial charge in [0.2, 0.25) is 11.8 Å². The predicted octanol–water partition coefficient (Wildman–Crippen LogP) is 3.75. The third-order valence-corrected chi connectivity index (χ3v) is 7.29. The molecule has 2 aliphatic rings. The van der Waals surface area contributed by atoms with E-state index in [9.17, 15) is 9.59 Å². The summed E-state index contributed by atoms with van der Waals surface area (Å²) in [5.74, 6) is 0.431. The predicted molar refractivity (Wildman–Crippen MR) is 124 cm³/mol. The van der Waals surface area contributed by atoms with Crippen LogP contribution in [0.25, 0.3) is 10.9 Å². The number of pyridine rings is 1. The van der Waals surface area contributed by atoms with Crippen molar-refractivity contribution in [3.05, 3.63) is 65.6 Å². The van der Waals surface area contributed by atoms with Gasteiger partial charge >= 0.3 is 0 Å². The maximum absolute atomic E-state index is 12.8. The highest BCUT2D eigenvalue weighted by atomic mass is 16.2. The molecule has 1 aliphatic heterocycles. The largest absolute Gasteiger partial charge is 0.361 e. The summed E-state index contributed by atoms with van der Waals surface area (Å²) in [6, 6.07) is 14.1. The van der Waals surface area contributed by atoms with E-state index < -0.39 is 0 Å². The Labute approximate surface area is 188 Å². The Kier molecular flexibility index (Phi) is 5.45. The highest BCUT2D eigenvalue weighted by molar-refractivity contribution is 5.84. The van der Waals surface area contributed by atoms with Crippen LogP contribution in [-0.4, -0.2) is 39.8 Å². The fourth-order valence-electron chi connectivity index (χ4n) is 5.21. The lowest BCUT2D eigenvalue weighted by Gasteiger charge is -2.33. The number of aromatic amines is 1. The van der Waals surface area contributed by atoms with Crippen LogP contribution in [0, 0.1) is 18.3 Å². The second-order valence-corrected chi connectivity index (χ2v) is 9.35. The topological polar surface area (TPSA) is 78.1 Å². The number of fused-ring (bicyclic) bond motifs is 1. The normalized spacial score (nSPS) is 19.3. The molecule has 3 heterocycles. The summed E-state index contributed by atoms with van der Waals surface area (Å²) in [5.41, 5.74) is 4.26. The van der Waals surface area contributed by atoms with Crippen molar-refractivity contribution < 1.29 is 9.59 Å². The zero-order chi connectivity index (χ0) is 22.1. The number of carbonyl (C=O) groups is 2. The van der Waals surface area contributed by atoms with Crippen LogP contribution in [0.3, 0.4) is 0 Å². The molecular weight excluding hydrogens is 400 g/mol. The number of nitrogens with zero attached hydrogens (tertiary/aromatic N) is 2. The van der Waals surface area contributed by atoms with Gasteiger partial charge in [0, 0.05) is 48.2 Å². The Morgan fingerprint density at radius 2 is 1.97 bits per heavy atom. The fraction of sp³-hybridized carbons (Fsp3) is 0.423. The maximum atomic E-state index is 12.8. The van der Waals surface area contributed by atoms with E-state index in [1.54, 1.807) is 0 Å². The summed E-state index contributed by atoms with van der Waals surface area (Å²) in [7, 11) is 0. The minimum Gasteiger partial charge on any atom is -0.361 e. The molecule has 3 aromatic rings. The van der Waals surface area contributed by atoms with Gasteiger partial charge in [-0.05, 0) is 61.8 Å². The molecule has 166 valence electrons. The number of para-hydroxylation sites is 1. The summed E-state index contributed by atoms with van der Waals surface area (Å²) in [5, 5.41) is 4.26. The second-order valence-electron chi connectivity index (χ2n) is 9.35. The summed E-state index contributed by atoms with van der Waals surface area (Å²) < 4.78 is 0. The number of rotatable bonds is 6. The molecule has 1 aliphatic carbocycles. The van der Waals surface area contributed by atoms with Crippen LogP contribution in [0.2, 0.25) is 0 Å². The quantitative estimate of drug-likeness (QED) is 0.625. The Balaban J connectivity index is 1.09. The van der Waals surface area contributed by atoms with E-state index in [-0.39, 0.29) is 23.1 Å². The van der Waals surface area contributed by atoms with Gasteiger partial charge in [0.05, 0.1) is 12.2 Å². The summed E-state index contributed by atoms with van der Waals surface area (Å²) in [6.45, 7) is 3.95. The van der Waals surface area contributed by atoms with Gasteiger partial charge in [0.25, 0.3) is 0 Å². The number of benzene rings is 1.